The van der Waals surface area contributed by atoms with Gasteiger partial charge in [-0.25, -0.2) is 19.2 Å². The van der Waals surface area contributed by atoms with E-state index in [-0.39, 0.29) is 11.1 Å². The highest BCUT2D eigenvalue weighted by molar-refractivity contribution is 5.93. The first-order valence-corrected chi connectivity index (χ1v) is 17.1. The molecule has 0 radical (unpaired) electrons. The summed E-state index contributed by atoms with van der Waals surface area (Å²) >= 11 is 0. The molecule has 0 atom stereocenters. The lowest BCUT2D eigenvalue weighted by atomic mass is 10.1. The van der Waals surface area contributed by atoms with E-state index in [4.69, 9.17) is 18.9 Å². The molecule has 0 saturated carbocycles. The lowest BCUT2D eigenvalue weighted by molar-refractivity contribution is -0.140. The molecule has 8 heteroatoms. The molecule has 0 rings (SSSR count). The van der Waals surface area contributed by atoms with Crippen molar-refractivity contribution in [1.82, 2.24) is 0 Å². The van der Waals surface area contributed by atoms with Crippen LogP contribution in [-0.2, 0) is 38.1 Å². The van der Waals surface area contributed by atoms with Crippen molar-refractivity contribution in [2.45, 2.75) is 156 Å². The van der Waals surface area contributed by atoms with Gasteiger partial charge in [-0.2, -0.15) is 0 Å². The van der Waals surface area contributed by atoms with Crippen molar-refractivity contribution in [1.29, 1.82) is 0 Å². The zero-order chi connectivity index (χ0) is 32.7. The van der Waals surface area contributed by atoms with Gasteiger partial charge in [0.05, 0.1) is 24.4 Å². The molecule has 44 heavy (non-hydrogen) atoms. The molecular weight excluding hydrogens is 560 g/mol. The summed E-state index contributed by atoms with van der Waals surface area (Å²) < 4.78 is 20.1. The summed E-state index contributed by atoms with van der Waals surface area (Å²) in [6.45, 7) is 8.04. The summed E-state index contributed by atoms with van der Waals surface area (Å²) in [6.07, 6.45) is 27.6. The van der Waals surface area contributed by atoms with Gasteiger partial charge in [0, 0.05) is 12.2 Å². The molecule has 0 aromatic carbocycles. The minimum atomic E-state index is -0.861. The van der Waals surface area contributed by atoms with Gasteiger partial charge >= 0.3 is 23.9 Å². The Hall–Kier alpha value is -2.90. The lowest BCUT2D eigenvalue weighted by Gasteiger charge is -2.05. The van der Waals surface area contributed by atoms with Gasteiger partial charge in [0.25, 0.3) is 0 Å². The molecule has 0 aliphatic rings. The van der Waals surface area contributed by atoms with E-state index in [1.807, 2.05) is 0 Å². The average Bonchev–Trinajstić information content (AvgIpc) is 3.02. The van der Waals surface area contributed by atoms with E-state index in [0.717, 1.165) is 63.2 Å². The normalized spacial score (nSPS) is 11.9. The topological polar surface area (TPSA) is 105 Å². The second kappa shape index (κ2) is 30.1. The van der Waals surface area contributed by atoms with Gasteiger partial charge < -0.3 is 18.9 Å². The summed E-state index contributed by atoms with van der Waals surface area (Å²) in [5, 5.41) is 0. The van der Waals surface area contributed by atoms with Crippen molar-refractivity contribution >= 4 is 23.9 Å². The Morgan fingerprint density at radius 2 is 0.705 bits per heavy atom. The first-order chi connectivity index (χ1) is 21.3. The number of hydrogen-bond donors (Lipinski definition) is 0. The predicted octanol–water partition coefficient (Wildman–Crippen LogP) is 9.36. The highest BCUT2D eigenvalue weighted by atomic mass is 16.5. The van der Waals surface area contributed by atoms with Crippen LogP contribution >= 0.6 is 0 Å². The number of hydrogen-bond acceptors (Lipinski definition) is 8. The van der Waals surface area contributed by atoms with Crippen molar-refractivity contribution in [2.24, 2.45) is 0 Å². The Balaban J connectivity index is 4.00. The van der Waals surface area contributed by atoms with Crippen LogP contribution < -0.4 is 0 Å². The molecule has 0 aliphatic carbocycles. The van der Waals surface area contributed by atoms with Gasteiger partial charge in [-0.15, -0.1) is 0 Å². The zero-order valence-corrected chi connectivity index (χ0v) is 28.1. The fourth-order valence-electron chi connectivity index (χ4n) is 4.34. The fraction of sp³-hybridized carbons (Fsp3) is 0.722. The predicted molar refractivity (Wildman–Crippen MR) is 174 cm³/mol. The van der Waals surface area contributed by atoms with Gasteiger partial charge in [0.15, 0.2) is 0 Å². The quantitative estimate of drug-likeness (QED) is 0.0280. The van der Waals surface area contributed by atoms with Crippen LogP contribution in [0, 0.1) is 0 Å². The summed E-state index contributed by atoms with van der Waals surface area (Å²) in [6, 6.07) is 0. The molecule has 0 unspecified atom stereocenters. The third-order valence-corrected chi connectivity index (χ3v) is 7.17. The standard InChI is InChI=1S/C36H60O8/c1-5-7-9-11-13-15-17-19-21-23-27-41-35(39)31(3)29-43-33(37)25-26-34(38)44-30-32(4)36(40)42-28-24-22-20-18-16-14-12-10-8-6-2/h25-26,29-30H,5-24,27-28H2,1-4H3/b26-25-,31-29?,32-30?. The maximum atomic E-state index is 12.0. The number of unbranched alkanes of at least 4 members (excludes halogenated alkanes) is 18. The summed E-state index contributed by atoms with van der Waals surface area (Å²) in [7, 11) is 0. The van der Waals surface area contributed by atoms with Gasteiger partial charge in [0.2, 0.25) is 0 Å². The molecule has 0 aromatic heterocycles. The summed E-state index contributed by atoms with van der Waals surface area (Å²) in [4.78, 5) is 47.8. The molecular formula is C36H60O8. The van der Waals surface area contributed by atoms with Crippen LogP contribution in [0.2, 0.25) is 0 Å². The van der Waals surface area contributed by atoms with E-state index in [0.29, 0.717) is 13.2 Å². The minimum absolute atomic E-state index is 0.135. The first kappa shape index (κ1) is 41.1. The molecule has 0 N–H and O–H groups in total. The maximum Gasteiger partial charge on any atom is 0.336 e. The van der Waals surface area contributed by atoms with Crippen LogP contribution in [0.3, 0.4) is 0 Å². The molecule has 0 aliphatic heterocycles. The van der Waals surface area contributed by atoms with Gasteiger partial charge in [0.1, 0.15) is 12.5 Å². The molecule has 252 valence electrons. The van der Waals surface area contributed by atoms with Crippen molar-refractivity contribution in [3.8, 4) is 0 Å². The third kappa shape index (κ3) is 26.7. The lowest BCUT2D eigenvalue weighted by Crippen LogP contribution is -2.09. The molecule has 0 saturated heterocycles. The molecule has 0 fully saturated rings. The van der Waals surface area contributed by atoms with Crippen LogP contribution in [0.1, 0.15) is 156 Å². The maximum absolute atomic E-state index is 12.0. The Morgan fingerprint density at radius 1 is 0.432 bits per heavy atom. The number of carbonyl (C=O) groups is 4. The molecule has 0 spiro atoms. The Bertz CT molecular complexity index is 801. The number of carbonyl (C=O) groups excluding carboxylic acids is 4. The zero-order valence-electron chi connectivity index (χ0n) is 28.1. The van der Waals surface area contributed by atoms with Crippen molar-refractivity contribution in [3.63, 3.8) is 0 Å². The van der Waals surface area contributed by atoms with Crippen molar-refractivity contribution in [3.05, 3.63) is 35.8 Å². The smallest absolute Gasteiger partial charge is 0.336 e. The molecule has 0 heterocycles. The van der Waals surface area contributed by atoms with Crippen LogP contribution in [0.4, 0.5) is 0 Å². The van der Waals surface area contributed by atoms with Crippen LogP contribution in [0.5, 0.6) is 0 Å². The highest BCUT2D eigenvalue weighted by Gasteiger charge is 2.09. The number of rotatable bonds is 28. The Labute approximate surface area is 267 Å². The average molecular weight is 621 g/mol. The molecule has 0 bridgehead atoms. The van der Waals surface area contributed by atoms with E-state index in [2.05, 4.69) is 13.8 Å². The first-order valence-electron chi connectivity index (χ1n) is 17.1. The molecule has 8 nitrogen and oxygen atoms in total. The van der Waals surface area contributed by atoms with E-state index < -0.39 is 23.9 Å². The van der Waals surface area contributed by atoms with Crippen LogP contribution in [0.25, 0.3) is 0 Å². The SMILES string of the molecule is CCCCCCCCCCCCOC(=O)C(C)=COC(=O)/C=C\C(=O)OC=C(C)C(=O)OCCCCCCCCCCCC. The number of ether oxygens (including phenoxy) is 4. The van der Waals surface area contributed by atoms with Gasteiger partial charge in [-0.1, -0.05) is 129 Å². The van der Waals surface area contributed by atoms with E-state index in [9.17, 15) is 19.2 Å². The second-order valence-corrected chi connectivity index (χ2v) is 11.4. The number of esters is 4. The Kier molecular flexibility index (Phi) is 28.2. The van der Waals surface area contributed by atoms with E-state index >= 15 is 0 Å². The van der Waals surface area contributed by atoms with Crippen molar-refractivity contribution in [2.75, 3.05) is 13.2 Å². The second-order valence-electron chi connectivity index (χ2n) is 11.4. The van der Waals surface area contributed by atoms with Gasteiger partial charge in [-0.3, -0.25) is 0 Å². The Morgan fingerprint density at radius 3 is 1.00 bits per heavy atom. The highest BCUT2D eigenvalue weighted by Crippen LogP contribution is 2.12. The van der Waals surface area contributed by atoms with Gasteiger partial charge in [-0.05, 0) is 26.7 Å². The monoisotopic (exact) mass is 620 g/mol. The summed E-state index contributed by atoms with van der Waals surface area (Å²) in [5.41, 5.74) is 0.271. The third-order valence-electron chi connectivity index (χ3n) is 7.17. The largest absolute Gasteiger partial charge is 0.462 e. The fourth-order valence-corrected chi connectivity index (χ4v) is 4.34. The molecule has 0 amide bonds. The molecule has 0 aromatic rings. The van der Waals surface area contributed by atoms with E-state index in [1.54, 1.807) is 0 Å². The van der Waals surface area contributed by atoms with Crippen molar-refractivity contribution < 1.29 is 38.1 Å². The van der Waals surface area contributed by atoms with Crippen LogP contribution in [0.15, 0.2) is 35.8 Å². The van der Waals surface area contributed by atoms with Crippen LogP contribution in [-0.4, -0.2) is 37.1 Å². The summed E-state index contributed by atoms with van der Waals surface area (Å²) in [5.74, 6) is -2.84. The van der Waals surface area contributed by atoms with E-state index in [1.165, 1.54) is 104 Å². The minimum Gasteiger partial charge on any atom is -0.462 e.